The molecule has 0 unspecified atom stereocenters. The van der Waals surface area contributed by atoms with Crippen LogP contribution in [-0.2, 0) is 11.3 Å². The van der Waals surface area contributed by atoms with Gasteiger partial charge in [-0.2, -0.15) is 5.10 Å². The third kappa shape index (κ3) is 4.16. The second-order valence-electron chi connectivity index (χ2n) is 5.29. The number of nitrogens with zero attached hydrogens (tertiary/aromatic N) is 4. The average molecular weight is 322 g/mol. The monoisotopic (exact) mass is 322 g/mol. The highest BCUT2D eigenvalue weighted by Crippen LogP contribution is 2.06. The Morgan fingerprint density at radius 1 is 1.08 bits per heavy atom. The Morgan fingerprint density at radius 2 is 1.92 bits per heavy atom. The zero-order valence-corrected chi connectivity index (χ0v) is 13.3. The van der Waals surface area contributed by atoms with Gasteiger partial charge in [-0.15, -0.1) is 10.2 Å². The number of carbonyl (C=O) groups is 1. The minimum absolute atomic E-state index is 0.104. The van der Waals surface area contributed by atoms with Gasteiger partial charge >= 0.3 is 0 Å². The van der Waals surface area contributed by atoms with Crippen molar-refractivity contribution < 1.29 is 4.79 Å². The fourth-order valence-electron chi connectivity index (χ4n) is 2.11. The van der Waals surface area contributed by atoms with Crippen LogP contribution in [0.15, 0.2) is 54.7 Å². The van der Waals surface area contributed by atoms with Crippen molar-refractivity contribution in [2.45, 2.75) is 13.5 Å². The summed E-state index contributed by atoms with van der Waals surface area (Å²) < 4.78 is 1.65. The van der Waals surface area contributed by atoms with Gasteiger partial charge in [-0.1, -0.05) is 30.3 Å². The Bertz CT molecular complexity index is 797. The predicted octanol–water partition coefficient (Wildman–Crippen LogP) is 1.70. The fraction of sp³-hybridized carbons (Fsp3) is 0.176. The van der Waals surface area contributed by atoms with Gasteiger partial charge in [0.2, 0.25) is 5.91 Å². The highest BCUT2D eigenvalue weighted by atomic mass is 16.1. The van der Waals surface area contributed by atoms with Crippen LogP contribution in [0.5, 0.6) is 0 Å². The molecule has 0 saturated carbocycles. The van der Waals surface area contributed by atoms with Gasteiger partial charge in [-0.3, -0.25) is 4.79 Å². The number of nitrogens with one attached hydrogen (secondary N) is 2. The van der Waals surface area contributed by atoms with Crippen LogP contribution in [0.1, 0.15) is 11.3 Å². The summed E-state index contributed by atoms with van der Waals surface area (Å²) >= 11 is 0. The molecular weight excluding hydrogens is 304 g/mol. The Labute approximate surface area is 139 Å². The van der Waals surface area contributed by atoms with E-state index < -0.39 is 0 Å². The zero-order chi connectivity index (χ0) is 16.8. The topological polar surface area (TPSA) is 84.7 Å². The molecule has 7 nitrogen and oxygen atoms in total. The number of hydrogen-bond donors (Lipinski definition) is 2. The molecule has 0 fully saturated rings. The molecule has 1 amide bonds. The van der Waals surface area contributed by atoms with Crippen LogP contribution in [0.25, 0.3) is 5.82 Å². The van der Waals surface area contributed by atoms with Crippen LogP contribution in [0.3, 0.4) is 0 Å². The quantitative estimate of drug-likeness (QED) is 0.721. The van der Waals surface area contributed by atoms with E-state index in [1.807, 2.05) is 49.5 Å². The number of benzene rings is 1. The van der Waals surface area contributed by atoms with E-state index in [0.29, 0.717) is 18.2 Å². The number of rotatable bonds is 6. The summed E-state index contributed by atoms with van der Waals surface area (Å²) in [6.07, 6.45) is 1.82. The molecule has 0 bridgehead atoms. The maximum Gasteiger partial charge on any atom is 0.239 e. The SMILES string of the molecule is Cc1ccn(-c2ccc(NCC(=O)NCc3ccccc3)nn2)n1. The van der Waals surface area contributed by atoms with Crippen molar-refractivity contribution in [3.8, 4) is 5.82 Å². The lowest BCUT2D eigenvalue weighted by Crippen LogP contribution is -2.29. The molecule has 122 valence electrons. The first kappa shape index (κ1) is 15.7. The summed E-state index contributed by atoms with van der Waals surface area (Å²) in [5.74, 6) is 1.06. The van der Waals surface area contributed by atoms with Crippen LogP contribution >= 0.6 is 0 Å². The van der Waals surface area contributed by atoms with Crippen LogP contribution < -0.4 is 10.6 Å². The van der Waals surface area contributed by atoms with Gasteiger partial charge in [0, 0.05) is 12.7 Å². The first-order valence-corrected chi connectivity index (χ1v) is 7.61. The molecule has 0 atom stereocenters. The Hall–Kier alpha value is -3.22. The van der Waals surface area contributed by atoms with E-state index in [1.54, 1.807) is 16.8 Å². The maximum absolute atomic E-state index is 11.8. The molecule has 3 aromatic rings. The van der Waals surface area contributed by atoms with E-state index in [1.165, 1.54) is 0 Å². The van der Waals surface area contributed by atoms with Crippen molar-refractivity contribution in [3.05, 3.63) is 66.0 Å². The van der Waals surface area contributed by atoms with Gasteiger partial charge in [0.05, 0.1) is 12.2 Å². The molecule has 0 radical (unpaired) electrons. The van der Waals surface area contributed by atoms with Gasteiger partial charge < -0.3 is 10.6 Å². The van der Waals surface area contributed by atoms with Gasteiger partial charge in [0.15, 0.2) is 5.82 Å². The first-order valence-electron chi connectivity index (χ1n) is 7.61. The summed E-state index contributed by atoms with van der Waals surface area (Å²) in [4.78, 5) is 11.8. The van der Waals surface area contributed by atoms with Gasteiger partial charge in [0.1, 0.15) is 5.82 Å². The van der Waals surface area contributed by atoms with Gasteiger partial charge in [-0.05, 0) is 30.7 Å². The number of aryl methyl sites for hydroxylation is 1. The molecule has 2 heterocycles. The first-order chi connectivity index (χ1) is 11.7. The van der Waals surface area contributed by atoms with Gasteiger partial charge in [0.25, 0.3) is 0 Å². The molecule has 1 aromatic carbocycles. The van der Waals surface area contributed by atoms with Crippen molar-refractivity contribution in [1.29, 1.82) is 0 Å². The van der Waals surface area contributed by atoms with Crippen molar-refractivity contribution in [2.24, 2.45) is 0 Å². The van der Waals surface area contributed by atoms with Crippen molar-refractivity contribution in [1.82, 2.24) is 25.3 Å². The second-order valence-corrected chi connectivity index (χ2v) is 5.29. The smallest absolute Gasteiger partial charge is 0.239 e. The lowest BCUT2D eigenvalue weighted by Gasteiger charge is -2.07. The molecule has 0 aliphatic rings. The fourth-order valence-corrected chi connectivity index (χ4v) is 2.11. The average Bonchev–Trinajstić information content (AvgIpc) is 3.06. The number of anilines is 1. The number of amides is 1. The van der Waals surface area contributed by atoms with Crippen LogP contribution in [0, 0.1) is 6.92 Å². The minimum atomic E-state index is -0.104. The largest absolute Gasteiger partial charge is 0.360 e. The predicted molar refractivity (Wildman–Crippen MR) is 90.7 cm³/mol. The van der Waals surface area contributed by atoms with Crippen LogP contribution in [-0.4, -0.2) is 32.4 Å². The number of carbonyl (C=O) groups excluding carboxylic acids is 1. The number of hydrogen-bond acceptors (Lipinski definition) is 5. The second kappa shape index (κ2) is 7.36. The minimum Gasteiger partial charge on any atom is -0.360 e. The van der Waals surface area contributed by atoms with Crippen LogP contribution in [0.2, 0.25) is 0 Å². The Balaban J connectivity index is 1.48. The highest BCUT2D eigenvalue weighted by Gasteiger charge is 2.04. The summed E-state index contributed by atoms with van der Waals surface area (Å²) in [6, 6.07) is 15.2. The zero-order valence-electron chi connectivity index (χ0n) is 13.3. The van der Waals surface area contributed by atoms with Crippen molar-refractivity contribution in [2.75, 3.05) is 11.9 Å². The molecular formula is C17H18N6O. The summed E-state index contributed by atoms with van der Waals surface area (Å²) in [7, 11) is 0. The van der Waals surface area contributed by atoms with E-state index >= 15 is 0 Å². The third-order valence-electron chi connectivity index (χ3n) is 3.37. The van der Waals surface area contributed by atoms with Crippen LogP contribution in [0.4, 0.5) is 5.82 Å². The molecule has 7 heteroatoms. The molecule has 0 aliphatic heterocycles. The molecule has 0 saturated heterocycles. The maximum atomic E-state index is 11.8. The molecule has 0 aliphatic carbocycles. The molecule has 0 spiro atoms. The van der Waals surface area contributed by atoms with E-state index in [4.69, 9.17) is 0 Å². The number of aromatic nitrogens is 4. The third-order valence-corrected chi connectivity index (χ3v) is 3.37. The summed E-state index contributed by atoms with van der Waals surface area (Å²) in [6.45, 7) is 2.56. The van der Waals surface area contributed by atoms with E-state index in [0.717, 1.165) is 11.3 Å². The molecule has 2 aromatic heterocycles. The normalized spacial score (nSPS) is 10.4. The lowest BCUT2D eigenvalue weighted by molar-refractivity contribution is -0.119. The Kier molecular flexibility index (Phi) is 4.81. The Morgan fingerprint density at radius 3 is 2.58 bits per heavy atom. The molecule has 24 heavy (non-hydrogen) atoms. The van der Waals surface area contributed by atoms with E-state index in [9.17, 15) is 4.79 Å². The van der Waals surface area contributed by atoms with Crippen molar-refractivity contribution in [3.63, 3.8) is 0 Å². The van der Waals surface area contributed by atoms with E-state index in [2.05, 4.69) is 25.9 Å². The van der Waals surface area contributed by atoms with E-state index in [-0.39, 0.29) is 12.5 Å². The lowest BCUT2D eigenvalue weighted by atomic mass is 10.2. The summed E-state index contributed by atoms with van der Waals surface area (Å²) in [5, 5.41) is 18.2. The highest BCUT2D eigenvalue weighted by molar-refractivity contribution is 5.80. The standard InChI is InChI=1S/C17H18N6O/c1-13-9-10-23(22-13)16-8-7-15(20-21-16)18-12-17(24)19-11-14-5-3-2-4-6-14/h2-10H,11-12H2,1H3,(H,18,20)(H,19,24). The van der Waals surface area contributed by atoms with Gasteiger partial charge in [-0.25, -0.2) is 4.68 Å². The molecule has 2 N–H and O–H groups in total. The summed E-state index contributed by atoms with van der Waals surface area (Å²) in [5.41, 5.74) is 1.97. The van der Waals surface area contributed by atoms with Crippen molar-refractivity contribution >= 4 is 11.7 Å². The molecule has 3 rings (SSSR count).